The number of piperidine rings is 1. The summed E-state index contributed by atoms with van der Waals surface area (Å²) in [7, 11) is 3.95. The van der Waals surface area contributed by atoms with Gasteiger partial charge in [-0.15, -0.1) is 0 Å². The van der Waals surface area contributed by atoms with Crippen molar-refractivity contribution in [3.8, 4) is 0 Å². The second-order valence-corrected chi connectivity index (χ2v) is 7.29. The summed E-state index contributed by atoms with van der Waals surface area (Å²) in [6.07, 6.45) is 2.77. The molecule has 1 aliphatic heterocycles. The van der Waals surface area contributed by atoms with Crippen molar-refractivity contribution in [1.82, 2.24) is 10.3 Å². The van der Waals surface area contributed by atoms with E-state index in [-0.39, 0.29) is 23.5 Å². The van der Waals surface area contributed by atoms with Crippen LogP contribution in [-0.2, 0) is 4.79 Å². The topological polar surface area (TPSA) is 65.0 Å². The van der Waals surface area contributed by atoms with Crippen LogP contribution in [0.3, 0.4) is 0 Å². The van der Waals surface area contributed by atoms with Crippen molar-refractivity contribution < 1.29 is 14.0 Å². The zero-order valence-corrected chi connectivity index (χ0v) is 16.6. The number of benzene rings is 2. The van der Waals surface area contributed by atoms with E-state index in [4.69, 9.17) is 0 Å². The van der Waals surface area contributed by atoms with Crippen molar-refractivity contribution >= 4 is 23.7 Å². The molecule has 152 valence electrons. The average Bonchev–Trinajstić information content (AvgIpc) is 2.74. The van der Waals surface area contributed by atoms with Crippen LogP contribution < -0.4 is 10.3 Å². The summed E-state index contributed by atoms with van der Waals surface area (Å²) in [5, 5.41) is 4.05. The molecule has 0 radical (unpaired) electrons. The minimum atomic E-state index is -0.369. The Morgan fingerprint density at radius 3 is 2.28 bits per heavy atom. The Bertz CT molecular complexity index is 871. The second kappa shape index (κ2) is 9.32. The molecule has 29 heavy (non-hydrogen) atoms. The molecule has 0 spiro atoms. The zero-order valence-electron chi connectivity index (χ0n) is 16.6. The van der Waals surface area contributed by atoms with Crippen LogP contribution >= 0.6 is 0 Å². The molecule has 0 atom stereocenters. The first-order valence-electron chi connectivity index (χ1n) is 9.59. The number of carbonyl (C=O) groups is 2. The number of hydrogen-bond donors (Lipinski definition) is 1. The highest BCUT2D eigenvalue weighted by Gasteiger charge is 2.27. The minimum absolute atomic E-state index is 0.136. The number of anilines is 1. The van der Waals surface area contributed by atoms with Gasteiger partial charge in [0, 0.05) is 44.4 Å². The molecule has 6 nitrogen and oxygen atoms in total. The van der Waals surface area contributed by atoms with Crippen LogP contribution in [-0.4, -0.2) is 50.1 Å². The summed E-state index contributed by atoms with van der Waals surface area (Å²) >= 11 is 0. The number of halogens is 1. The molecule has 0 bridgehead atoms. The van der Waals surface area contributed by atoms with Crippen LogP contribution in [0, 0.1) is 11.7 Å². The molecule has 1 N–H and O–H groups in total. The standard InChI is InChI=1S/C22H25FN4O2/c1-26(2)20-9-3-16(4-10-20)15-24-25-21(28)17-11-13-27(14-12-17)22(29)18-5-7-19(23)8-6-18/h3-10,15,17H,11-14H2,1-2H3,(H,25,28)/b24-15-. The first-order valence-corrected chi connectivity index (χ1v) is 9.59. The summed E-state index contributed by atoms with van der Waals surface area (Å²) < 4.78 is 13.0. The van der Waals surface area contributed by atoms with E-state index in [2.05, 4.69) is 10.5 Å². The van der Waals surface area contributed by atoms with E-state index in [9.17, 15) is 14.0 Å². The number of likely N-dealkylation sites (tertiary alicyclic amines) is 1. The third-order valence-electron chi connectivity index (χ3n) is 5.04. The van der Waals surface area contributed by atoms with Gasteiger partial charge in [0.25, 0.3) is 5.91 Å². The number of hydrazone groups is 1. The van der Waals surface area contributed by atoms with Crippen molar-refractivity contribution in [2.24, 2.45) is 11.0 Å². The normalized spacial score (nSPS) is 14.8. The van der Waals surface area contributed by atoms with Crippen molar-refractivity contribution in [2.45, 2.75) is 12.8 Å². The van der Waals surface area contributed by atoms with Gasteiger partial charge < -0.3 is 9.80 Å². The summed E-state index contributed by atoms with van der Waals surface area (Å²) in [4.78, 5) is 28.5. The average molecular weight is 396 g/mol. The van der Waals surface area contributed by atoms with Gasteiger partial charge in [-0.2, -0.15) is 5.10 Å². The second-order valence-electron chi connectivity index (χ2n) is 7.29. The van der Waals surface area contributed by atoms with E-state index in [1.165, 1.54) is 24.3 Å². The fourth-order valence-electron chi connectivity index (χ4n) is 3.24. The van der Waals surface area contributed by atoms with Gasteiger partial charge in [0.1, 0.15) is 5.82 Å². The van der Waals surface area contributed by atoms with Gasteiger partial charge in [-0.05, 0) is 54.8 Å². The molecule has 0 aromatic heterocycles. The Morgan fingerprint density at radius 2 is 1.69 bits per heavy atom. The number of nitrogens with zero attached hydrogens (tertiary/aromatic N) is 3. The van der Waals surface area contributed by atoms with Crippen molar-refractivity contribution in [3.05, 3.63) is 65.5 Å². The van der Waals surface area contributed by atoms with E-state index in [1.807, 2.05) is 43.3 Å². The molecular weight excluding hydrogens is 371 g/mol. The molecule has 2 amide bonds. The fraction of sp³-hybridized carbons (Fsp3) is 0.318. The highest BCUT2D eigenvalue weighted by Crippen LogP contribution is 2.19. The highest BCUT2D eigenvalue weighted by atomic mass is 19.1. The monoisotopic (exact) mass is 396 g/mol. The molecule has 0 unspecified atom stereocenters. The smallest absolute Gasteiger partial charge is 0.253 e. The van der Waals surface area contributed by atoms with E-state index < -0.39 is 0 Å². The van der Waals surface area contributed by atoms with Gasteiger partial charge in [-0.1, -0.05) is 12.1 Å². The fourth-order valence-corrected chi connectivity index (χ4v) is 3.24. The number of amides is 2. The first kappa shape index (κ1) is 20.5. The highest BCUT2D eigenvalue weighted by molar-refractivity contribution is 5.94. The number of rotatable bonds is 5. The summed E-state index contributed by atoms with van der Waals surface area (Å²) in [6, 6.07) is 13.4. The summed E-state index contributed by atoms with van der Waals surface area (Å²) in [6.45, 7) is 0.980. The Labute approximate surface area is 170 Å². The molecule has 0 saturated carbocycles. The lowest BCUT2D eigenvalue weighted by atomic mass is 9.95. The lowest BCUT2D eigenvalue weighted by Gasteiger charge is -2.31. The number of hydrogen-bond acceptors (Lipinski definition) is 4. The number of nitrogens with one attached hydrogen (secondary N) is 1. The molecule has 7 heteroatoms. The van der Waals surface area contributed by atoms with Crippen molar-refractivity contribution in [1.29, 1.82) is 0 Å². The van der Waals surface area contributed by atoms with Crippen LogP contribution in [0.5, 0.6) is 0 Å². The van der Waals surface area contributed by atoms with E-state index in [1.54, 1.807) is 11.1 Å². The van der Waals surface area contributed by atoms with Gasteiger partial charge in [0.2, 0.25) is 5.91 Å². The van der Waals surface area contributed by atoms with Gasteiger partial charge in [0.05, 0.1) is 6.21 Å². The first-order chi connectivity index (χ1) is 13.9. The molecule has 0 aliphatic carbocycles. The summed E-state index contributed by atoms with van der Waals surface area (Å²) in [5.41, 5.74) is 5.04. The van der Waals surface area contributed by atoms with Crippen molar-refractivity contribution in [3.63, 3.8) is 0 Å². The molecule has 1 saturated heterocycles. The third-order valence-corrected chi connectivity index (χ3v) is 5.04. The van der Waals surface area contributed by atoms with Crippen LogP contribution in [0.2, 0.25) is 0 Å². The quantitative estimate of drug-likeness (QED) is 0.624. The SMILES string of the molecule is CN(C)c1ccc(/C=N\NC(=O)C2CCN(C(=O)c3ccc(F)cc3)CC2)cc1. The Balaban J connectivity index is 1.47. The molecule has 3 rings (SSSR count). The van der Waals surface area contributed by atoms with Gasteiger partial charge in [-0.3, -0.25) is 9.59 Å². The van der Waals surface area contributed by atoms with Crippen LogP contribution in [0.1, 0.15) is 28.8 Å². The number of carbonyl (C=O) groups excluding carboxylic acids is 2. The maximum absolute atomic E-state index is 13.0. The molecule has 1 heterocycles. The van der Waals surface area contributed by atoms with Crippen LogP contribution in [0.15, 0.2) is 53.6 Å². The molecular formula is C22H25FN4O2. The van der Waals surface area contributed by atoms with Crippen LogP contribution in [0.25, 0.3) is 0 Å². The van der Waals surface area contributed by atoms with Crippen molar-refractivity contribution in [2.75, 3.05) is 32.1 Å². The molecule has 1 fully saturated rings. The largest absolute Gasteiger partial charge is 0.378 e. The van der Waals surface area contributed by atoms with E-state index in [0.717, 1.165) is 11.3 Å². The van der Waals surface area contributed by atoms with E-state index >= 15 is 0 Å². The lowest BCUT2D eigenvalue weighted by molar-refractivity contribution is -0.126. The molecule has 1 aliphatic rings. The van der Waals surface area contributed by atoms with Crippen LogP contribution in [0.4, 0.5) is 10.1 Å². The predicted octanol–water partition coefficient (Wildman–Crippen LogP) is 2.89. The summed E-state index contributed by atoms with van der Waals surface area (Å²) in [5.74, 6) is -0.824. The Kier molecular flexibility index (Phi) is 6.59. The lowest BCUT2D eigenvalue weighted by Crippen LogP contribution is -2.42. The maximum atomic E-state index is 13.0. The molecule has 2 aromatic carbocycles. The Morgan fingerprint density at radius 1 is 1.07 bits per heavy atom. The minimum Gasteiger partial charge on any atom is -0.378 e. The van der Waals surface area contributed by atoms with Gasteiger partial charge >= 0.3 is 0 Å². The zero-order chi connectivity index (χ0) is 20.8. The third kappa shape index (κ3) is 5.40. The van der Waals surface area contributed by atoms with Gasteiger partial charge in [0.15, 0.2) is 0 Å². The maximum Gasteiger partial charge on any atom is 0.253 e. The predicted molar refractivity (Wildman–Crippen MR) is 112 cm³/mol. The molecule has 2 aromatic rings. The van der Waals surface area contributed by atoms with E-state index in [0.29, 0.717) is 31.5 Å². The van der Waals surface area contributed by atoms with Gasteiger partial charge in [-0.25, -0.2) is 9.82 Å². The Hall–Kier alpha value is -3.22.